The highest BCUT2D eigenvalue weighted by Crippen LogP contribution is 2.32. The van der Waals surface area contributed by atoms with E-state index in [1.165, 1.54) is 6.07 Å². The number of fused-ring (bicyclic) bond motifs is 2. The monoisotopic (exact) mass is 677 g/mol. The van der Waals surface area contributed by atoms with Gasteiger partial charge in [0.15, 0.2) is 5.43 Å². The molecule has 0 spiro atoms. The summed E-state index contributed by atoms with van der Waals surface area (Å²) < 4.78 is 35.3. The summed E-state index contributed by atoms with van der Waals surface area (Å²) in [5, 5.41) is 12.8. The van der Waals surface area contributed by atoms with Crippen molar-refractivity contribution in [2.75, 3.05) is 30.3 Å². The minimum Gasteiger partial charge on any atom is -0.511 e. The number of carbonyl (C=O) groups is 1. The lowest BCUT2D eigenvalue weighted by Gasteiger charge is -2.26. The number of carbonyl (C=O) groups excluding carboxylic acids is 1. The third-order valence-electron chi connectivity index (χ3n) is 9.12. The van der Waals surface area contributed by atoms with Crippen molar-refractivity contribution in [2.45, 2.75) is 73.1 Å². The molecule has 1 amide bonds. The summed E-state index contributed by atoms with van der Waals surface area (Å²) in [6.07, 6.45) is 3.15. The number of hydroxylamine groups is 1. The van der Waals surface area contributed by atoms with Crippen LogP contribution < -0.4 is 26.4 Å². The molecule has 11 heteroatoms. The lowest BCUT2D eigenvalue weighted by molar-refractivity contribution is -0.128. The van der Waals surface area contributed by atoms with Crippen molar-refractivity contribution in [3.05, 3.63) is 87.0 Å². The maximum absolute atomic E-state index is 13.8. The molecule has 0 bridgehead atoms. The van der Waals surface area contributed by atoms with Gasteiger partial charge < -0.3 is 14.4 Å². The predicted octanol–water partition coefficient (Wildman–Crippen LogP) is 5.70. The minimum atomic E-state index is -3.67. The Morgan fingerprint density at radius 1 is 0.958 bits per heavy atom. The van der Waals surface area contributed by atoms with Crippen LogP contribution in [-0.4, -0.2) is 44.8 Å². The van der Waals surface area contributed by atoms with Crippen LogP contribution in [0.25, 0.3) is 27.7 Å². The number of nitrogens with one attached hydrogen (secondary N) is 1. The van der Waals surface area contributed by atoms with Crippen LogP contribution in [0.1, 0.15) is 72.3 Å². The summed E-state index contributed by atoms with van der Waals surface area (Å²) >= 11 is 0. The van der Waals surface area contributed by atoms with Crippen LogP contribution in [0.5, 0.6) is 0 Å². The van der Waals surface area contributed by atoms with Crippen LogP contribution in [0.2, 0.25) is 0 Å². The molecule has 1 aromatic heterocycles. The Labute approximate surface area is 282 Å². The fraction of sp³-hybridized carbons (Fsp3) is 0.432. The standard InChI is InChI=1S/C37H47N3O7S/c1-6-37(7-2,8-3)36(43)39-31-23-28(40(10-5)18-14-15-19-48(44,45)47-38-9-4)24-35-29(31)21-27-22-30(33(42)25-34(27)46-35)32(41)20-26-16-12-11-13-17-26/h11-13,16-17,21-25,38,41H,6-10,14-15,18-20H2,1-5H3. The number of unbranched alkanes of at least 4 members (excludes halogenated alkanes) is 1. The zero-order valence-corrected chi connectivity index (χ0v) is 29.4. The fourth-order valence-corrected chi connectivity index (χ4v) is 6.88. The van der Waals surface area contributed by atoms with Gasteiger partial charge in [0.1, 0.15) is 16.9 Å². The smallest absolute Gasteiger partial charge is 0.283 e. The second-order valence-electron chi connectivity index (χ2n) is 12.0. The van der Waals surface area contributed by atoms with E-state index in [0.29, 0.717) is 79.0 Å². The van der Waals surface area contributed by atoms with Crippen molar-refractivity contribution in [2.24, 2.45) is 10.4 Å². The summed E-state index contributed by atoms with van der Waals surface area (Å²) in [7, 11) is -3.67. The van der Waals surface area contributed by atoms with Crippen LogP contribution in [0.15, 0.2) is 74.9 Å². The van der Waals surface area contributed by atoms with E-state index in [9.17, 15) is 23.1 Å². The van der Waals surface area contributed by atoms with Crippen molar-refractivity contribution in [1.29, 1.82) is 0 Å². The number of hydrogen-bond acceptors (Lipinski definition) is 9. The Bertz CT molecular complexity index is 2010. The number of amides is 1. The van der Waals surface area contributed by atoms with Crippen LogP contribution in [0, 0.1) is 5.41 Å². The average Bonchev–Trinajstić information content (AvgIpc) is 3.07. The van der Waals surface area contributed by atoms with Gasteiger partial charge in [-0.15, -0.1) is 0 Å². The molecule has 3 aromatic carbocycles. The number of hydrogen-bond donors (Lipinski definition) is 2. The van der Waals surface area contributed by atoms with E-state index in [1.54, 1.807) is 13.0 Å². The van der Waals surface area contributed by atoms with E-state index in [4.69, 9.17) is 13.7 Å². The zero-order chi connectivity index (χ0) is 34.9. The van der Waals surface area contributed by atoms with Crippen molar-refractivity contribution in [3.8, 4) is 0 Å². The van der Waals surface area contributed by atoms with E-state index in [2.05, 4.69) is 10.4 Å². The normalized spacial score (nSPS) is 13.3. The van der Waals surface area contributed by atoms with E-state index in [0.717, 1.165) is 11.3 Å². The second kappa shape index (κ2) is 16.4. The maximum Gasteiger partial charge on any atom is 0.283 e. The van der Waals surface area contributed by atoms with Crippen LogP contribution in [-0.2, 0) is 25.6 Å². The van der Waals surface area contributed by atoms with Gasteiger partial charge in [0.2, 0.25) is 0 Å². The molecule has 4 rings (SSSR count). The molecule has 0 aliphatic rings. The van der Waals surface area contributed by atoms with E-state index in [-0.39, 0.29) is 34.5 Å². The molecule has 0 saturated heterocycles. The highest BCUT2D eigenvalue weighted by molar-refractivity contribution is 7.86. The minimum absolute atomic E-state index is 0.0400. The van der Waals surface area contributed by atoms with Crippen molar-refractivity contribution in [3.63, 3.8) is 0 Å². The first-order valence-electron chi connectivity index (χ1n) is 16.8. The predicted molar refractivity (Wildman–Crippen MR) is 191 cm³/mol. The SMILES string of the molecule is CCNOS(=O)(=O)CCCCN(CC)c1cc(=NC(=O)C(CC)(CC)CC)c2cc3cc(=C(O)Cc4ccccc4)c(=O)cc3oc2c1. The molecule has 2 N–H and O–H groups in total. The largest absolute Gasteiger partial charge is 0.511 e. The van der Waals surface area contributed by atoms with E-state index >= 15 is 0 Å². The molecule has 0 aliphatic carbocycles. The molecule has 0 fully saturated rings. The van der Waals surface area contributed by atoms with Gasteiger partial charge in [0.25, 0.3) is 16.0 Å². The molecule has 4 aromatic rings. The number of aliphatic hydroxyl groups is 1. The molecule has 258 valence electrons. The van der Waals surface area contributed by atoms with Gasteiger partial charge in [-0.2, -0.15) is 18.2 Å². The Balaban J connectivity index is 1.82. The first kappa shape index (κ1) is 36.8. The number of aliphatic hydroxyl groups excluding tert-OH is 1. The average molecular weight is 678 g/mol. The number of anilines is 1. The highest BCUT2D eigenvalue weighted by Gasteiger charge is 2.32. The molecular formula is C37H47N3O7S. The highest BCUT2D eigenvalue weighted by atomic mass is 32.2. The third-order valence-corrected chi connectivity index (χ3v) is 10.3. The van der Waals surface area contributed by atoms with Crippen molar-refractivity contribution in [1.82, 2.24) is 5.48 Å². The van der Waals surface area contributed by atoms with E-state index in [1.807, 2.05) is 76.2 Å². The van der Waals surface area contributed by atoms with Gasteiger partial charge in [0, 0.05) is 54.6 Å². The van der Waals surface area contributed by atoms with Crippen LogP contribution in [0.4, 0.5) is 5.69 Å². The van der Waals surface area contributed by atoms with Crippen LogP contribution in [0.3, 0.4) is 0 Å². The van der Waals surface area contributed by atoms with Gasteiger partial charge in [0.05, 0.1) is 21.7 Å². The fourth-order valence-electron chi connectivity index (χ4n) is 5.94. The van der Waals surface area contributed by atoms with Gasteiger partial charge in [-0.1, -0.05) is 58.0 Å². The second-order valence-corrected chi connectivity index (χ2v) is 13.7. The molecular weight excluding hydrogens is 630 g/mol. The lowest BCUT2D eigenvalue weighted by atomic mass is 9.79. The molecule has 0 atom stereocenters. The van der Waals surface area contributed by atoms with Crippen molar-refractivity contribution < 1.29 is 27.0 Å². The van der Waals surface area contributed by atoms with E-state index < -0.39 is 15.5 Å². The Morgan fingerprint density at radius 2 is 1.67 bits per heavy atom. The lowest BCUT2D eigenvalue weighted by Crippen LogP contribution is -2.30. The number of benzene rings is 3. The first-order valence-corrected chi connectivity index (χ1v) is 18.4. The molecule has 0 aliphatic heterocycles. The Hall–Kier alpha value is -4.06. The summed E-state index contributed by atoms with van der Waals surface area (Å²) in [5.74, 6) is -0.356. The van der Waals surface area contributed by atoms with Gasteiger partial charge in [-0.25, -0.2) is 4.99 Å². The summed E-state index contributed by atoms with van der Waals surface area (Å²) in [4.78, 5) is 33.7. The molecule has 48 heavy (non-hydrogen) atoms. The maximum atomic E-state index is 13.8. The van der Waals surface area contributed by atoms with Gasteiger partial charge in [-0.3, -0.25) is 9.59 Å². The van der Waals surface area contributed by atoms with Crippen molar-refractivity contribution >= 4 is 49.4 Å². The first-order chi connectivity index (χ1) is 23.0. The van der Waals surface area contributed by atoms with Crippen LogP contribution >= 0.6 is 0 Å². The zero-order valence-electron chi connectivity index (χ0n) is 28.5. The topological polar surface area (TPSA) is 139 Å². The van der Waals surface area contributed by atoms with Gasteiger partial charge >= 0.3 is 0 Å². The summed E-state index contributed by atoms with van der Waals surface area (Å²) in [6.45, 7) is 11.3. The molecule has 1 heterocycles. The third kappa shape index (κ3) is 8.69. The molecule has 10 nitrogen and oxygen atoms in total. The Morgan fingerprint density at radius 3 is 2.31 bits per heavy atom. The number of rotatable bonds is 16. The summed E-state index contributed by atoms with van der Waals surface area (Å²) in [6, 6.07) is 18.0. The Kier molecular flexibility index (Phi) is 12.5. The molecule has 0 radical (unpaired) electrons. The van der Waals surface area contributed by atoms with Gasteiger partial charge in [-0.05, 0) is 62.8 Å². The quantitative estimate of drug-likeness (QED) is 0.0870. The summed E-state index contributed by atoms with van der Waals surface area (Å²) in [5.41, 5.74) is 3.86. The molecule has 0 unspecified atom stereocenters. The molecule has 0 saturated carbocycles. The number of nitrogens with zero attached hydrogens (tertiary/aromatic N) is 2.